The first-order chi connectivity index (χ1) is 5.08. The van der Waals surface area contributed by atoms with E-state index in [1.165, 1.54) is 25.8 Å². The van der Waals surface area contributed by atoms with Crippen LogP contribution in [0.3, 0.4) is 0 Å². The molecule has 1 nitrogen and oxygen atoms in total. The van der Waals surface area contributed by atoms with Crippen LogP contribution >= 0.6 is 0 Å². The van der Waals surface area contributed by atoms with E-state index in [9.17, 15) is 0 Å². The monoisotopic (exact) mass is 155 g/mol. The van der Waals surface area contributed by atoms with Gasteiger partial charge in [0.1, 0.15) is 0 Å². The van der Waals surface area contributed by atoms with Crippen molar-refractivity contribution in [2.75, 3.05) is 6.54 Å². The lowest BCUT2D eigenvalue weighted by molar-refractivity contribution is 0.109. The van der Waals surface area contributed by atoms with E-state index in [0.717, 1.165) is 6.04 Å². The summed E-state index contributed by atoms with van der Waals surface area (Å²) in [6.07, 6.45) is 4.05. The van der Waals surface area contributed by atoms with Gasteiger partial charge in [-0.1, -0.05) is 6.92 Å². The van der Waals surface area contributed by atoms with Gasteiger partial charge in [0.15, 0.2) is 0 Å². The molecule has 0 N–H and O–H groups in total. The lowest BCUT2D eigenvalue weighted by atomic mass is 9.98. The Labute approximate surface area is 70.8 Å². The van der Waals surface area contributed by atoms with E-state index in [1.54, 1.807) is 0 Å². The van der Waals surface area contributed by atoms with E-state index >= 15 is 0 Å². The molecule has 11 heavy (non-hydrogen) atoms. The molecule has 1 aliphatic heterocycles. The highest BCUT2D eigenvalue weighted by Gasteiger charge is 2.31. The Morgan fingerprint density at radius 3 is 2.45 bits per heavy atom. The maximum absolute atomic E-state index is 2.65. The van der Waals surface area contributed by atoms with Crippen LogP contribution in [0, 0.1) is 0 Å². The maximum Gasteiger partial charge on any atom is 0.0153 e. The van der Waals surface area contributed by atoms with Crippen molar-refractivity contribution in [2.45, 2.75) is 58.5 Å². The molecule has 66 valence electrons. The van der Waals surface area contributed by atoms with E-state index in [4.69, 9.17) is 0 Å². The fourth-order valence-corrected chi connectivity index (χ4v) is 2.04. The Bertz CT molecular complexity index is 129. The van der Waals surface area contributed by atoms with Gasteiger partial charge in [-0.25, -0.2) is 0 Å². The lowest BCUT2D eigenvalue weighted by Gasteiger charge is -2.38. The molecule has 0 aromatic heterocycles. The van der Waals surface area contributed by atoms with E-state index in [2.05, 4.69) is 32.6 Å². The minimum atomic E-state index is 0.427. The van der Waals surface area contributed by atoms with Crippen molar-refractivity contribution >= 4 is 0 Å². The molecule has 1 rings (SSSR count). The summed E-state index contributed by atoms with van der Waals surface area (Å²) in [4.78, 5) is 2.65. The second kappa shape index (κ2) is 3.14. The Balaban J connectivity index is 2.58. The largest absolute Gasteiger partial charge is 0.296 e. The SMILES string of the molecule is CCC(C)(C)N1CCCC1C. The number of nitrogens with zero attached hydrogens (tertiary/aromatic N) is 1. The van der Waals surface area contributed by atoms with Crippen molar-refractivity contribution in [1.82, 2.24) is 4.90 Å². The van der Waals surface area contributed by atoms with Gasteiger partial charge in [0.2, 0.25) is 0 Å². The highest BCUT2D eigenvalue weighted by molar-refractivity contribution is 4.87. The summed E-state index contributed by atoms with van der Waals surface area (Å²) < 4.78 is 0. The Morgan fingerprint density at radius 1 is 1.45 bits per heavy atom. The molecule has 0 aromatic carbocycles. The second-order valence-electron chi connectivity index (χ2n) is 4.35. The number of rotatable bonds is 2. The van der Waals surface area contributed by atoms with Gasteiger partial charge >= 0.3 is 0 Å². The molecule has 1 saturated heterocycles. The zero-order valence-corrected chi connectivity index (χ0v) is 8.35. The van der Waals surface area contributed by atoms with Crippen LogP contribution in [-0.4, -0.2) is 23.0 Å². The Morgan fingerprint density at radius 2 is 2.09 bits per heavy atom. The molecule has 0 spiro atoms. The van der Waals surface area contributed by atoms with Gasteiger partial charge in [-0.2, -0.15) is 0 Å². The molecule has 1 atom stereocenters. The predicted octanol–water partition coefficient (Wildman–Crippen LogP) is 2.66. The van der Waals surface area contributed by atoms with Crippen LogP contribution in [0.1, 0.15) is 47.0 Å². The van der Waals surface area contributed by atoms with Crippen LogP contribution in [0.15, 0.2) is 0 Å². The zero-order chi connectivity index (χ0) is 8.48. The molecule has 0 aromatic rings. The van der Waals surface area contributed by atoms with Gasteiger partial charge in [-0.05, 0) is 46.6 Å². The summed E-state index contributed by atoms with van der Waals surface area (Å²) >= 11 is 0. The second-order valence-corrected chi connectivity index (χ2v) is 4.35. The topological polar surface area (TPSA) is 3.24 Å². The fraction of sp³-hybridized carbons (Fsp3) is 1.00. The maximum atomic E-state index is 2.65. The van der Waals surface area contributed by atoms with Crippen molar-refractivity contribution < 1.29 is 0 Å². The number of likely N-dealkylation sites (tertiary alicyclic amines) is 1. The Kier molecular flexibility index (Phi) is 2.58. The molecule has 0 radical (unpaired) electrons. The Hall–Kier alpha value is -0.0400. The standard InChI is InChI=1S/C10H21N/c1-5-10(3,4)11-8-6-7-9(11)2/h9H,5-8H2,1-4H3. The first-order valence-electron chi connectivity index (χ1n) is 4.84. The summed E-state index contributed by atoms with van der Waals surface area (Å²) in [6.45, 7) is 10.7. The van der Waals surface area contributed by atoms with Gasteiger partial charge in [0.25, 0.3) is 0 Å². The minimum absolute atomic E-state index is 0.427. The van der Waals surface area contributed by atoms with Crippen LogP contribution in [0.4, 0.5) is 0 Å². The molecule has 1 unspecified atom stereocenters. The highest BCUT2D eigenvalue weighted by Crippen LogP contribution is 2.28. The molecule has 0 aliphatic carbocycles. The van der Waals surface area contributed by atoms with Crippen molar-refractivity contribution in [2.24, 2.45) is 0 Å². The molecule has 1 aliphatic rings. The fourth-order valence-electron chi connectivity index (χ4n) is 2.04. The lowest BCUT2D eigenvalue weighted by Crippen LogP contribution is -2.45. The van der Waals surface area contributed by atoms with Gasteiger partial charge in [0, 0.05) is 11.6 Å². The van der Waals surface area contributed by atoms with Crippen LogP contribution in [0.2, 0.25) is 0 Å². The third-order valence-corrected chi connectivity index (χ3v) is 3.20. The third kappa shape index (κ3) is 1.76. The van der Waals surface area contributed by atoms with Crippen molar-refractivity contribution in [1.29, 1.82) is 0 Å². The predicted molar refractivity (Wildman–Crippen MR) is 49.8 cm³/mol. The quantitative estimate of drug-likeness (QED) is 0.592. The van der Waals surface area contributed by atoms with Gasteiger partial charge in [-0.3, -0.25) is 4.90 Å². The summed E-state index contributed by atoms with van der Waals surface area (Å²) in [5, 5.41) is 0. The highest BCUT2D eigenvalue weighted by atomic mass is 15.2. The summed E-state index contributed by atoms with van der Waals surface area (Å²) in [5.41, 5.74) is 0.427. The number of hydrogen-bond acceptors (Lipinski definition) is 1. The van der Waals surface area contributed by atoms with E-state index < -0.39 is 0 Å². The van der Waals surface area contributed by atoms with Gasteiger partial charge in [-0.15, -0.1) is 0 Å². The third-order valence-electron chi connectivity index (χ3n) is 3.20. The molecule has 1 heterocycles. The van der Waals surface area contributed by atoms with Gasteiger partial charge < -0.3 is 0 Å². The zero-order valence-electron chi connectivity index (χ0n) is 8.35. The smallest absolute Gasteiger partial charge is 0.0153 e. The van der Waals surface area contributed by atoms with E-state index in [0.29, 0.717) is 5.54 Å². The summed E-state index contributed by atoms with van der Waals surface area (Å²) in [7, 11) is 0. The van der Waals surface area contributed by atoms with Gasteiger partial charge in [0.05, 0.1) is 0 Å². The van der Waals surface area contributed by atoms with E-state index in [1.807, 2.05) is 0 Å². The first-order valence-corrected chi connectivity index (χ1v) is 4.84. The van der Waals surface area contributed by atoms with Crippen molar-refractivity contribution in [3.63, 3.8) is 0 Å². The van der Waals surface area contributed by atoms with Crippen molar-refractivity contribution in [3.8, 4) is 0 Å². The first kappa shape index (κ1) is 9.05. The number of hydrogen-bond donors (Lipinski definition) is 0. The normalized spacial score (nSPS) is 27.8. The van der Waals surface area contributed by atoms with Crippen LogP contribution in [0.5, 0.6) is 0 Å². The molecular formula is C10H21N. The summed E-state index contributed by atoms with van der Waals surface area (Å²) in [5.74, 6) is 0. The molecule has 1 fully saturated rings. The molecule has 0 amide bonds. The minimum Gasteiger partial charge on any atom is -0.296 e. The average molecular weight is 155 g/mol. The van der Waals surface area contributed by atoms with E-state index in [-0.39, 0.29) is 0 Å². The molecule has 0 saturated carbocycles. The molecule has 0 bridgehead atoms. The van der Waals surface area contributed by atoms with Crippen molar-refractivity contribution in [3.05, 3.63) is 0 Å². The summed E-state index contributed by atoms with van der Waals surface area (Å²) in [6, 6.07) is 0.810. The molecule has 1 heteroatoms. The van der Waals surface area contributed by atoms with Crippen LogP contribution in [-0.2, 0) is 0 Å². The van der Waals surface area contributed by atoms with Crippen LogP contribution < -0.4 is 0 Å². The molecular weight excluding hydrogens is 134 g/mol. The van der Waals surface area contributed by atoms with Crippen LogP contribution in [0.25, 0.3) is 0 Å². The average Bonchev–Trinajstić information content (AvgIpc) is 2.36.